The van der Waals surface area contributed by atoms with E-state index in [1.54, 1.807) is 23.5 Å². The van der Waals surface area contributed by atoms with Crippen molar-refractivity contribution in [1.29, 1.82) is 0 Å². The van der Waals surface area contributed by atoms with Crippen molar-refractivity contribution in [3.05, 3.63) is 36.4 Å². The average Bonchev–Trinajstić information content (AvgIpc) is 3.03. The number of ether oxygens (including phenoxy) is 2. The van der Waals surface area contributed by atoms with Gasteiger partial charge < -0.3 is 19.2 Å². The third-order valence-corrected chi connectivity index (χ3v) is 3.53. The van der Waals surface area contributed by atoms with Crippen molar-refractivity contribution < 1.29 is 31.9 Å². The molecule has 2 aromatic carbocycles. The molecule has 0 aliphatic heterocycles. The van der Waals surface area contributed by atoms with Gasteiger partial charge in [0.2, 0.25) is 5.89 Å². The van der Waals surface area contributed by atoms with Crippen LogP contribution in [0.1, 0.15) is 0 Å². The van der Waals surface area contributed by atoms with Crippen LogP contribution in [0.2, 0.25) is 0 Å². The van der Waals surface area contributed by atoms with Gasteiger partial charge in [0.25, 0.3) is 0 Å². The van der Waals surface area contributed by atoms with Gasteiger partial charge in [-0.05, 0) is 30.3 Å². The van der Waals surface area contributed by atoms with Crippen LogP contribution in [0.4, 0.5) is 18.9 Å². The summed E-state index contributed by atoms with van der Waals surface area (Å²) in [7, 11) is 3.00. The molecular weight excluding hydrogens is 353 g/mol. The van der Waals surface area contributed by atoms with Gasteiger partial charge in [-0.2, -0.15) is 13.2 Å². The highest BCUT2D eigenvalue weighted by Crippen LogP contribution is 2.33. The summed E-state index contributed by atoms with van der Waals surface area (Å²) in [6.07, 6.45) is -4.97. The molecule has 0 bridgehead atoms. The molecule has 136 valence electrons. The number of hydrogen-bond acceptors (Lipinski definition) is 5. The number of nitrogens with zero attached hydrogens (tertiary/aromatic N) is 1. The van der Waals surface area contributed by atoms with Crippen LogP contribution in [0.25, 0.3) is 22.6 Å². The van der Waals surface area contributed by atoms with E-state index >= 15 is 0 Å². The molecule has 0 unspecified atom stereocenters. The molecule has 0 aliphatic rings. The molecule has 3 rings (SSSR count). The number of rotatable bonds is 4. The number of benzene rings is 2. The van der Waals surface area contributed by atoms with Gasteiger partial charge in [0.1, 0.15) is 5.52 Å². The van der Waals surface area contributed by atoms with Gasteiger partial charge in [-0.15, -0.1) is 0 Å². The third kappa shape index (κ3) is 3.41. The van der Waals surface area contributed by atoms with Crippen molar-refractivity contribution in [3.8, 4) is 23.0 Å². The van der Waals surface area contributed by atoms with E-state index in [1.807, 2.05) is 0 Å². The van der Waals surface area contributed by atoms with E-state index in [1.165, 1.54) is 32.4 Å². The fourth-order valence-electron chi connectivity index (χ4n) is 2.30. The molecule has 0 aliphatic carbocycles. The zero-order valence-corrected chi connectivity index (χ0v) is 13.7. The van der Waals surface area contributed by atoms with Gasteiger partial charge in [-0.1, -0.05) is 0 Å². The molecule has 1 aromatic heterocycles. The largest absolute Gasteiger partial charge is 0.493 e. The lowest BCUT2D eigenvalue weighted by atomic mass is 10.2. The summed E-state index contributed by atoms with van der Waals surface area (Å²) in [5.41, 5.74) is 1.21. The van der Waals surface area contributed by atoms with Crippen LogP contribution in [-0.2, 0) is 4.79 Å². The van der Waals surface area contributed by atoms with Crippen molar-refractivity contribution in [2.75, 3.05) is 19.5 Å². The van der Waals surface area contributed by atoms with Crippen LogP contribution in [0, 0.1) is 0 Å². The van der Waals surface area contributed by atoms with E-state index in [9.17, 15) is 18.0 Å². The number of hydrogen-bond donors (Lipinski definition) is 1. The molecule has 9 heteroatoms. The van der Waals surface area contributed by atoms with Crippen LogP contribution in [0.5, 0.6) is 11.5 Å². The van der Waals surface area contributed by atoms with Crippen LogP contribution in [0.15, 0.2) is 40.8 Å². The summed E-state index contributed by atoms with van der Waals surface area (Å²) in [4.78, 5) is 15.3. The number of halogens is 3. The smallest absolute Gasteiger partial charge is 0.471 e. The van der Waals surface area contributed by atoms with E-state index in [-0.39, 0.29) is 17.2 Å². The first-order valence-electron chi connectivity index (χ1n) is 7.33. The highest BCUT2D eigenvalue weighted by molar-refractivity contribution is 5.96. The van der Waals surface area contributed by atoms with Crippen molar-refractivity contribution >= 4 is 22.7 Å². The first kappa shape index (κ1) is 17.6. The molecule has 1 amide bonds. The molecule has 0 saturated carbocycles. The second-order valence-corrected chi connectivity index (χ2v) is 5.22. The minimum Gasteiger partial charge on any atom is -0.493 e. The van der Waals surface area contributed by atoms with Crippen molar-refractivity contribution in [2.45, 2.75) is 6.18 Å². The Kier molecular flexibility index (Phi) is 4.45. The Morgan fingerprint density at radius 3 is 2.46 bits per heavy atom. The first-order valence-corrected chi connectivity index (χ1v) is 7.33. The lowest BCUT2D eigenvalue weighted by Crippen LogP contribution is -2.29. The van der Waals surface area contributed by atoms with Gasteiger partial charge in [0.15, 0.2) is 17.1 Å². The van der Waals surface area contributed by atoms with Gasteiger partial charge in [0.05, 0.1) is 14.2 Å². The van der Waals surface area contributed by atoms with Crippen LogP contribution >= 0.6 is 0 Å². The Hall–Kier alpha value is -3.23. The predicted molar refractivity (Wildman–Crippen MR) is 87.2 cm³/mol. The Bertz CT molecular complexity index is 966. The summed E-state index contributed by atoms with van der Waals surface area (Å²) in [5.74, 6) is -0.799. The molecule has 0 radical (unpaired) electrons. The summed E-state index contributed by atoms with van der Waals surface area (Å²) < 4.78 is 53.0. The average molecular weight is 366 g/mol. The summed E-state index contributed by atoms with van der Waals surface area (Å²) >= 11 is 0. The lowest BCUT2D eigenvalue weighted by molar-refractivity contribution is -0.167. The number of carbonyl (C=O) groups is 1. The highest BCUT2D eigenvalue weighted by atomic mass is 19.4. The second kappa shape index (κ2) is 6.58. The van der Waals surface area contributed by atoms with E-state index in [0.29, 0.717) is 22.6 Å². The first-order chi connectivity index (χ1) is 12.3. The fourth-order valence-corrected chi connectivity index (χ4v) is 2.30. The molecule has 1 N–H and O–H groups in total. The highest BCUT2D eigenvalue weighted by Gasteiger charge is 2.38. The number of aromatic nitrogens is 1. The van der Waals surface area contributed by atoms with Crippen molar-refractivity contribution in [2.24, 2.45) is 0 Å². The predicted octanol–water partition coefficient (Wildman–Crippen LogP) is 4.01. The molecule has 0 fully saturated rings. The van der Waals surface area contributed by atoms with E-state index in [0.717, 1.165) is 0 Å². The quantitative estimate of drug-likeness (QED) is 0.755. The zero-order valence-electron chi connectivity index (χ0n) is 13.7. The summed E-state index contributed by atoms with van der Waals surface area (Å²) in [6.45, 7) is 0. The number of alkyl halides is 3. The van der Waals surface area contributed by atoms with Gasteiger partial charge in [-0.3, -0.25) is 4.79 Å². The number of amides is 1. The maximum absolute atomic E-state index is 12.3. The van der Waals surface area contributed by atoms with E-state index in [2.05, 4.69) is 4.98 Å². The SMILES string of the molecule is COc1ccc(-c2nc3ccc(NC(=O)C(F)(F)F)cc3o2)cc1OC. The Labute approximate surface area is 145 Å². The minimum atomic E-state index is -4.97. The van der Waals surface area contributed by atoms with Crippen molar-refractivity contribution in [1.82, 2.24) is 4.98 Å². The van der Waals surface area contributed by atoms with Gasteiger partial charge in [-0.25, -0.2) is 4.98 Å². The number of nitrogens with one attached hydrogen (secondary N) is 1. The van der Waals surface area contributed by atoms with E-state index in [4.69, 9.17) is 13.9 Å². The molecule has 6 nitrogen and oxygen atoms in total. The lowest BCUT2D eigenvalue weighted by Gasteiger charge is -2.07. The monoisotopic (exact) mass is 366 g/mol. The number of methoxy groups -OCH3 is 2. The molecule has 0 spiro atoms. The number of oxazole rings is 1. The maximum atomic E-state index is 12.3. The normalized spacial score (nSPS) is 11.4. The topological polar surface area (TPSA) is 73.6 Å². The second-order valence-electron chi connectivity index (χ2n) is 5.22. The standard InChI is InChI=1S/C17H13F3N2O4/c1-24-12-6-3-9(7-14(12)25-2)15-22-11-5-4-10(8-13(11)26-15)21-16(23)17(18,19)20/h3-8H,1-2H3,(H,21,23). The maximum Gasteiger partial charge on any atom is 0.471 e. The Morgan fingerprint density at radius 2 is 1.81 bits per heavy atom. The van der Waals surface area contributed by atoms with Crippen molar-refractivity contribution in [3.63, 3.8) is 0 Å². The van der Waals surface area contributed by atoms with Gasteiger partial charge in [0, 0.05) is 17.3 Å². The Morgan fingerprint density at radius 1 is 1.08 bits per heavy atom. The van der Waals surface area contributed by atoms with E-state index < -0.39 is 12.1 Å². The fraction of sp³-hybridized carbons (Fsp3) is 0.176. The third-order valence-electron chi connectivity index (χ3n) is 3.53. The van der Waals surface area contributed by atoms with Crippen LogP contribution < -0.4 is 14.8 Å². The molecule has 0 atom stereocenters. The van der Waals surface area contributed by atoms with Crippen LogP contribution in [-0.4, -0.2) is 31.3 Å². The molecule has 3 aromatic rings. The summed E-state index contributed by atoms with van der Waals surface area (Å²) in [5, 5.41) is 1.77. The zero-order chi connectivity index (χ0) is 18.9. The number of carbonyl (C=O) groups excluding carboxylic acids is 1. The van der Waals surface area contributed by atoms with Gasteiger partial charge >= 0.3 is 12.1 Å². The number of fused-ring (bicyclic) bond motifs is 1. The molecule has 0 saturated heterocycles. The summed E-state index contributed by atoms with van der Waals surface area (Å²) in [6, 6.07) is 9.09. The molecule has 26 heavy (non-hydrogen) atoms. The minimum absolute atomic E-state index is 0.0464. The number of anilines is 1. The molecular formula is C17H13F3N2O4. The molecule has 1 heterocycles. The Balaban J connectivity index is 1.94. The van der Waals surface area contributed by atoms with Crippen LogP contribution in [0.3, 0.4) is 0 Å².